The van der Waals surface area contributed by atoms with E-state index in [1.807, 2.05) is 25.1 Å². The van der Waals surface area contributed by atoms with Gasteiger partial charge in [-0.3, -0.25) is 9.59 Å². The number of hydrogen-bond acceptors (Lipinski definition) is 3. The van der Waals surface area contributed by atoms with E-state index in [9.17, 15) is 19.5 Å². The van der Waals surface area contributed by atoms with Gasteiger partial charge in [0.25, 0.3) is 0 Å². The van der Waals surface area contributed by atoms with Crippen molar-refractivity contribution >= 4 is 17.9 Å². The third-order valence-corrected chi connectivity index (χ3v) is 5.36. The highest BCUT2D eigenvalue weighted by Crippen LogP contribution is 2.22. The fourth-order valence-electron chi connectivity index (χ4n) is 3.69. The van der Waals surface area contributed by atoms with E-state index in [0.717, 1.165) is 12.0 Å². The lowest BCUT2D eigenvalue weighted by molar-refractivity contribution is -0.146. The zero-order valence-corrected chi connectivity index (χ0v) is 15.0. The summed E-state index contributed by atoms with van der Waals surface area (Å²) in [6.07, 6.45) is 2.06. The molecule has 7 heteroatoms. The van der Waals surface area contributed by atoms with Crippen LogP contribution in [-0.4, -0.2) is 58.5 Å². The van der Waals surface area contributed by atoms with E-state index in [1.165, 1.54) is 5.56 Å². The molecule has 0 aromatic heterocycles. The summed E-state index contributed by atoms with van der Waals surface area (Å²) in [6, 6.07) is 7.79. The normalized spacial score (nSPS) is 22.5. The molecule has 0 radical (unpaired) electrons. The molecular weight excluding hydrogens is 334 g/mol. The van der Waals surface area contributed by atoms with E-state index in [2.05, 4.69) is 11.4 Å². The van der Waals surface area contributed by atoms with Crippen LogP contribution in [0.1, 0.15) is 30.9 Å². The molecule has 0 aliphatic carbocycles. The smallest absolute Gasteiger partial charge is 0.318 e. The maximum Gasteiger partial charge on any atom is 0.318 e. The van der Waals surface area contributed by atoms with Crippen LogP contribution < -0.4 is 5.32 Å². The molecule has 2 atom stereocenters. The Bertz CT molecular complexity index is 706. The zero-order valence-electron chi connectivity index (χ0n) is 15.0. The van der Waals surface area contributed by atoms with Crippen molar-refractivity contribution in [2.75, 3.05) is 19.6 Å². The van der Waals surface area contributed by atoms with Crippen LogP contribution in [0.5, 0.6) is 0 Å². The van der Waals surface area contributed by atoms with Gasteiger partial charge in [-0.25, -0.2) is 4.79 Å². The number of hydrogen-bond donors (Lipinski definition) is 2. The van der Waals surface area contributed by atoms with Gasteiger partial charge >= 0.3 is 12.0 Å². The number of benzene rings is 1. The average Bonchev–Trinajstić information content (AvgIpc) is 2.65. The van der Waals surface area contributed by atoms with Gasteiger partial charge in [0.05, 0.1) is 12.5 Å². The van der Waals surface area contributed by atoms with Crippen molar-refractivity contribution in [2.45, 2.75) is 38.8 Å². The molecule has 1 fully saturated rings. The first kappa shape index (κ1) is 18.2. The largest absolute Gasteiger partial charge is 0.481 e. The van der Waals surface area contributed by atoms with Gasteiger partial charge in [0.15, 0.2) is 0 Å². The van der Waals surface area contributed by atoms with Crippen molar-refractivity contribution < 1.29 is 19.5 Å². The Kier molecular flexibility index (Phi) is 5.44. The molecule has 0 spiro atoms. The lowest BCUT2D eigenvalue weighted by Crippen LogP contribution is -2.52. The Morgan fingerprint density at radius 1 is 1.19 bits per heavy atom. The summed E-state index contributed by atoms with van der Waals surface area (Å²) in [5.41, 5.74) is 2.39. The lowest BCUT2D eigenvalue weighted by atomic mass is 9.93. The lowest BCUT2D eigenvalue weighted by Gasteiger charge is -2.36. The van der Waals surface area contributed by atoms with Crippen molar-refractivity contribution in [3.8, 4) is 0 Å². The summed E-state index contributed by atoms with van der Waals surface area (Å²) >= 11 is 0. The molecule has 7 nitrogen and oxygen atoms in total. The van der Waals surface area contributed by atoms with Gasteiger partial charge in [0.1, 0.15) is 0 Å². The predicted octanol–water partition coefficient (Wildman–Crippen LogP) is 1.47. The number of fused-ring (bicyclic) bond motifs is 1. The van der Waals surface area contributed by atoms with Crippen molar-refractivity contribution in [1.29, 1.82) is 0 Å². The van der Waals surface area contributed by atoms with Gasteiger partial charge < -0.3 is 20.2 Å². The topological polar surface area (TPSA) is 90.0 Å². The van der Waals surface area contributed by atoms with Crippen LogP contribution >= 0.6 is 0 Å². The van der Waals surface area contributed by atoms with Gasteiger partial charge in [-0.15, -0.1) is 0 Å². The Morgan fingerprint density at radius 3 is 2.65 bits per heavy atom. The van der Waals surface area contributed by atoms with Gasteiger partial charge in [-0.2, -0.15) is 0 Å². The maximum atomic E-state index is 12.5. The second-order valence-electron chi connectivity index (χ2n) is 7.11. The first-order chi connectivity index (χ1) is 12.5. The Balaban J connectivity index is 1.53. The van der Waals surface area contributed by atoms with Crippen molar-refractivity contribution in [2.24, 2.45) is 5.92 Å². The van der Waals surface area contributed by atoms with Crippen LogP contribution in [0.3, 0.4) is 0 Å². The number of carboxylic acids is 1. The number of urea groups is 1. The molecule has 2 heterocycles. The molecule has 3 rings (SSSR count). The molecular formula is C19H25N3O4. The Morgan fingerprint density at radius 2 is 1.92 bits per heavy atom. The standard InChI is InChI=1S/C19H25N3O4/c1-13-6-7-16(18(24)25)12-22(13)17(23)10-20-19(26)21-9-8-14-4-2-3-5-15(14)11-21/h2-5,13,16H,6-12H2,1H3,(H,20,26)(H,24,25). The van der Waals surface area contributed by atoms with Crippen molar-refractivity contribution in [3.63, 3.8) is 0 Å². The van der Waals surface area contributed by atoms with E-state index in [4.69, 9.17) is 0 Å². The molecule has 2 N–H and O–H groups in total. The number of carboxylic acid groups (broad SMARTS) is 1. The molecule has 1 aromatic carbocycles. The highest BCUT2D eigenvalue weighted by Gasteiger charge is 2.32. The van der Waals surface area contributed by atoms with Gasteiger partial charge in [-0.1, -0.05) is 24.3 Å². The number of aliphatic carboxylic acids is 1. The van der Waals surface area contributed by atoms with Crippen LogP contribution in [0.4, 0.5) is 4.79 Å². The van der Waals surface area contributed by atoms with Crippen LogP contribution in [0.15, 0.2) is 24.3 Å². The minimum absolute atomic E-state index is 0.00290. The van der Waals surface area contributed by atoms with Crippen LogP contribution in [-0.2, 0) is 22.6 Å². The Labute approximate surface area is 153 Å². The predicted molar refractivity (Wildman–Crippen MR) is 95.5 cm³/mol. The minimum Gasteiger partial charge on any atom is -0.481 e. The molecule has 2 aliphatic rings. The summed E-state index contributed by atoms with van der Waals surface area (Å²) in [5, 5.41) is 11.9. The summed E-state index contributed by atoms with van der Waals surface area (Å²) in [6.45, 7) is 3.19. The number of carbonyl (C=O) groups is 3. The SMILES string of the molecule is CC1CCC(C(=O)O)CN1C(=O)CNC(=O)N1CCc2ccccc2C1. The van der Waals surface area contributed by atoms with Gasteiger partial charge in [-0.05, 0) is 37.3 Å². The number of piperidine rings is 1. The second kappa shape index (κ2) is 7.76. The first-order valence-corrected chi connectivity index (χ1v) is 9.07. The number of nitrogens with one attached hydrogen (secondary N) is 1. The number of amides is 3. The van der Waals surface area contributed by atoms with E-state index in [1.54, 1.807) is 9.80 Å². The van der Waals surface area contributed by atoms with Crippen molar-refractivity contribution in [3.05, 3.63) is 35.4 Å². The number of nitrogens with zero attached hydrogens (tertiary/aromatic N) is 2. The average molecular weight is 359 g/mol. The summed E-state index contributed by atoms with van der Waals surface area (Å²) in [5.74, 6) is -1.62. The third-order valence-electron chi connectivity index (χ3n) is 5.36. The second-order valence-corrected chi connectivity index (χ2v) is 7.11. The molecule has 0 bridgehead atoms. The fraction of sp³-hybridized carbons (Fsp3) is 0.526. The highest BCUT2D eigenvalue weighted by molar-refractivity contribution is 5.85. The number of carbonyl (C=O) groups excluding carboxylic acids is 2. The molecule has 26 heavy (non-hydrogen) atoms. The van der Waals surface area contributed by atoms with E-state index in [-0.39, 0.29) is 31.1 Å². The van der Waals surface area contributed by atoms with E-state index in [0.29, 0.717) is 25.9 Å². The van der Waals surface area contributed by atoms with Crippen molar-refractivity contribution in [1.82, 2.24) is 15.1 Å². The third kappa shape index (κ3) is 3.98. The van der Waals surface area contributed by atoms with Gasteiger partial charge in [0.2, 0.25) is 5.91 Å². The Hall–Kier alpha value is -2.57. The summed E-state index contributed by atoms with van der Waals surface area (Å²) < 4.78 is 0. The van der Waals surface area contributed by atoms with E-state index < -0.39 is 11.9 Å². The number of rotatable bonds is 3. The molecule has 1 saturated heterocycles. The monoisotopic (exact) mass is 359 g/mol. The minimum atomic E-state index is -0.870. The molecule has 140 valence electrons. The summed E-state index contributed by atoms with van der Waals surface area (Å²) in [4.78, 5) is 39.3. The molecule has 0 saturated carbocycles. The number of likely N-dealkylation sites (tertiary alicyclic amines) is 1. The van der Waals surface area contributed by atoms with Crippen LogP contribution in [0.2, 0.25) is 0 Å². The first-order valence-electron chi connectivity index (χ1n) is 9.07. The quantitative estimate of drug-likeness (QED) is 0.855. The van der Waals surface area contributed by atoms with E-state index >= 15 is 0 Å². The van der Waals surface area contributed by atoms with Crippen LogP contribution in [0, 0.1) is 5.92 Å². The zero-order chi connectivity index (χ0) is 18.7. The molecule has 2 unspecified atom stereocenters. The molecule has 3 amide bonds. The highest BCUT2D eigenvalue weighted by atomic mass is 16.4. The summed E-state index contributed by atoms with van der Waals surface area (Å²) in [7, 11) is 0. The molecule has 2 aliphatic heterocycles. The van der Waals surface area contributed by atoms with Crippen LogP contribution in [0.25, 0.3) is 0 Å². The fourth-order valence-corrected chi connectivity index (χ4v) is 3.69. The molecule has 1 aromatic rings. The van der Waals surface area contributed by atoms with Gasteiger partial charge in [0, 0.05) is 25.7 Å². The maximum absolute atomic E-state index is 12.5.